The summed E-state index contributed by atoms with van der Waals surface area (Å²) in [5.74, 6) is -0.201. The minimum atomic E-state index is -0.397. The average Bonchev–Trinajstić information content (AvgIpc) is 2.08. The molecule has 0 aliphatic rings. The Balaban J connectivity index is 2.90. The maximum Gasteiger partial charge on any atom is 0.165 e. The summed E-state index contributed by atoms with van der Waals surface area (Å²) in [6.45, 7) is 3.55. The van der Waals surface area contributed by atoms with E-state index in [0.717, 1.165) is 0 Å². The van der Waals surface area contributed by atoms with Crippen LogP contribution < -0.4 is 4.74 Å². The van der Waals surface area contributed by atoms with Crippen molar-refractivity contribution in [2.45, 2.75) is 26.6 Å². The highest BCUT2D eigenvalue weighted by Gasteiger charge is 2.05. The van der Waals surface area contributed by atoms with Crippen LogP contribution in [0.5, 0.6) is 5.75 Å². The molecule has 1 aromatic carbocycles. The molecule has 0 unspecified atom stereocenters. The van der Waals surface area contributed by atoms with E-state index in [-0.39, 0.29) is 18.5 Å². The second kappa shape index (κ2) is 4.23. The van der Waals surface area contributed by atoms with Gasteiger partial charge < -0.3 is 9.84 Å². The van der Waals surface area contributed by atoms with Gasteiger partial charge in [-0.2, -0.15) is 0 Å². The Hall–Kier alpha value is -1.09. The molecule has 0 aliphatic heterocycles. The molecule has 0 atom stereocenters. The van der Waals surface area contributed by atoms with Crippen LogP contribution in [-0.4, -0.2) is 11.2 Å². The third kappa shape index (κ3) is 2.70. The maximum absolute atomic E-state index is 13.1. The van der Waals surface area contributed by atoms with Crippen molar-refractivity contribution in [2.24, 2.45) is 0 Å². The summed E-state index contributed by atoms with van der Waals surface area (Å²) in [7, 11) is 0. The largest absolute Gasteiger partial charge is 0.488 e. The number of hydrogen-bond acceptors (Lipinski definition) is 2. The molecule has 2 nitrogen and oxygen atoms in total. The first-order chi connectivity index (χ1) is 6.13. The predicted molar refractivity (Wildman–Crippen MR) is 48.1 cm³/mol. The van der Waals surface area contributed by atoms with Crippen molar-refractivity contribution in [3.63, 3.8) is 0 Å². The highest BCUT2D eigenvalue weighted by Crippen LogP contribution is 2.19. The number of hydrogen-bond donors (Lipinski definition) is 1. The highest BCUT2D eigenvalue weighted by molar-refractivity contribution is 5.30. The van der Waals surface area contributed by atoms with Crippen LogP contribution in [0, 0.1) is 5.82 Å². The second-order valence-corrected chi connectivity index (χ2v) is 3.09. The Kier molecular flexibility index (Phi) is 3.25. The molecule has 0 fully saturated rings. The van der Waals surface area contributed by atoms with Crippen LogP contribution in [0.25, 0.3) is 0 Å². The Bertz CT molecular complexity index is 284. The summed E-state index contributed by atoms with van der Waals surface area (Å²) in [6.07, 6.45) is -0.0663. The minimum absolute atomic E-state index is 0.0663. The molecule has 0 spiro atoms. The van der Waals surface area contributed by atoms with Gasteiger partial charge in [-0.1, -0.05) is 6.07 Å². The Morgan fingerprint density at radius 1 is 1.46 bits per heavy atom. The Morgan fingerprint density at radius 2 is 2.15 bits per heavy atom. The summed E-state index contributed by atoms with van der Waals surface area (Å²) in [6, 6.07) is 4.33. The van der Waals surface area contributed by atoms with Gasteiger partial charge in [0.2, 0.25) is 0 Å². The van der Waals surface area contributed by atoms with Gasteiger partial charge in [-0.3, -0.25) is 0 Å². The van der Waals surface area contributed by atoms with Gasteiger partial charge in [0.05, 0.1) is 12.7 Å². The van der Waals surface area contributed by atoms with Crippen molar-refractivity contribution < 1.29 is 14.2 Å². The summed E-state index contributed by atoms with van der Waals surface area (Å²) < 4.78 is 18.3. The molecule has 0 saturated carbocycles. The van der Waals surface area contributed by atoms with Crippen LogP contribution in [0.2, 0.25) is 0 Å². The second-order valence-electron chi connectivity index (χ2n) is 3.09. The van der Waals surface area contributed by atoms with Gasteiger partial charge in [-0.05, 0) is 31.5 Å². The molecule has 3 heteroatoms. The van der Waals surface area contributed by atoms with Gasteiger partial charge in [-0.15, -0.1) is 0 Å². The topological polar surface area (TPSA) is 29.5 Å². The standard InChI is InChI=1S/C10H13FO2/c1-7(2)13-10-5-8(6-12)3-4-9(10)11/h3-5,7,12H,6H2,1-2H3. The van der Waals surface area contributed by atoms with Crippen LogP contribution in [0.4, 0.5) is 4.39 Å². The van der Waals surface area contributed by atoms with E-state index >= 15 is 0 Å². The zero-order valence-corrected chi connectivity index (χ0v) is 7.75. The number of ether oxygens (including phenoxy) is 1. The third-order valence-corrected chi connectivity index (χ3v) is 1.54. The van der Waals surface area contributed by atoms with Gasteiger partial charge in [0.15, 0.2) is 11.6 Å². The zero-order valence-electron chi connectivity index (χ0n) is 7.75. The minimum Gasteiger partial charge on any atom is -0.488 e. The number of rotatable bonds is 3. The van der Waals surface area contributed by atoms with Crippen molar-refractivity contribution in [1.82, 2.24) is 0 Å². The first-order valence-electron chi connectivity index (χ1n) is 4.19. The lowest BCUT2D eigenvalue weighted by atomic mass is 10.2. The Morgan fingerprint density at radius 3 is 2.69 bits per heavy atom. The van der Waals surface area contributed by atoms with Crippen molar-refractivity contribution in [3.05, 3.63) is 29.6 Å². The first-order valence-corrected chi connectivity index (χ1v) is 4.19. The predicted octanol–water partition coefficient (Wildman–Crippen LogP) is 2.11. The fraction of sp³-hybridized carbons (Fsp3) is 0.400. The molecule has 0 heterocycles. The molecule has 0 radical (unpaired) electrons. The van der Waals surface area contributed by atoms with Gasteiger partial charge in [0, 0.05) is 0 Å². The summed E-state index contributed by atoms with van der Waals surface area (Å²) >= 11 is 0. The molecule has 1 aromatic rings. The fourth-order valence-corrected chi connectivity index (χ4v) is 0.990. The normalized spacial score (nSPS) is 10.5. The number of halogens is 1. The first kappa shape index (κ1) is 9.99. The molecule has 72 valence electrons. The molecule has 0 aliphatic carbocycles. The van der Waals surface area contributed by atoms with E-state index in [0.29, 0.717) is 5.56 Å². The summed E-state index contributed by atoms with van der Waals surface area (Å²) in [5, 5.41) is 8.81. The molecule has 13 heavy (non-hydrogen) atoms. The van der Waals surface area contributed by atoms with Crippen molar-refractivity contribution >= 4 is 0 Å². The Labute approximate surface area is 77.0 Å². The summed E-state index contributed by atoms with van der Waals surface area (Å²) in [4.78, 5) is 0. The molecule has 0 aromatic heterocycles. The maximum atomic E-state index is 13.1. The molecule has 1 rings (SSSR count). The van der Waals surface area contributed by atoms with E-state index in [1.807, 2.05) is 13.8 Å². The monoisotopic (exact) mass is 184 g/mol. The molecule has 1 N–H and O–H groups in total. The highest BCUT2D eigenvalue weighted by atomic mass is 19.1. The lowest BCUT2D eigenvalue weighted by Gasteiger charge is -2.11. The third-order valence-electron chi connectivity index (χ3n) is 1.54. The van der Waals surface area contributed by atoms with Crippen LogP contribution in [0.15, 0.2) is 18.2 Å². The van der Waals surface area contributed by atoms with Crippen LogP contribution >= 0.6 is 0 Å². The number of benzene rings is 1. The van der Waals surface area contributed by atoms with Gasteiger partial charge in [0.1, 0.15) is 0 Å². The van der Waals surface area contributed by atoms with Crippen LogP contribution in [0.3, 0.4) is 0 Å². The summed E-state index contributed by atoms with van der Waals surface area (Å²) in [5.41, 5.74) is 0.650. The lowest BCUT2D eigenvalue weighted by molar-refractivity contribution is 0.229. The zero-order chi connectivity index (χ0) is 9.84. The van der Waals surface area contributed by atoms with Crippen LogP contribution in [-0.2, 0) is 6.61 Å². The van der Waals surface area contributed by atoms with Gasteiger partial charge in [-0.25, -0.2) is 4.39 Å². The van der Waals surface area contributed by atoms with Gasteiger partial charge >= 0.3 is 0 Å². The number of aliphatic hydroxyl groups excluding tert-OH is 1. The van der Waals surface area contributed by atoms with Gasteiger partial charge in [0.25, 0.3) is 0 Å². The van der Waals surface area contributed by atoms with E-state index in [1.54, 1.807) is 0 Å². The number of aliphatic hydroxyl groups is 1. The van der Waals surface area contributed by atoms with Crippen molar-refractivity contribution in [1.29, 1.82) is 0 Å². The quantitative estimate of drug-likeness (QED) is 0.779. The molecular weight excluding hydrogens is 171 g/mol. The van der Waals surface area contributed by atoms with E-state index < -0.39 is 5.82 Å². The van der Waals surface area contributed by atoms with Crippen molar-refractivity contribution in [2.75, 3.05) is 0 Å². The van der Waals surface area contributed by atoms with E-state index in [2.05, 4.69) is 0 Å². The molecule has 0 amide bonds. The van der Waals surface area contributed by atoms with Crippen LogP contribution in [0.1, 0.15) is 19.4 Å². The SMILES string of the molecule is CC(C)Oc1cc(CO)ccc1F. The van der Waals surface area contributed by atoms with E-state index in [4.69, 9.17) is 9.84 Å². The molecule has 0 saturated heterocycles. The molecule has 0 bridgehead atoms. The smallest absolute Gasteiger partial charge is 0.165 e. The van der Waals surface area contributed by atoms with E-state index in [9.17, 15) is 4.39 Å². The fourth-order valence-electron chi connectivity index (χ4n) is 0.990. The van der Waals surface area contributed by atoms with E-state index in [1.165, 1.54) is 18.2 Å². The lowest BCUT2D eigenvalue weighted by Crippen LogP contribution is -2.07. The average molecular weight is 184 g/mol. The molecular formula is C10H13FO2. The van der Waals surface area contributed by atoms with Crippen molar-refractivity contribution in [3.8, 4) is 5.75 Å².